The second-order valence-corrected chi connectivity index (χ2v) is 13.1. The standard InChI is InChI=1S/C21H21Cl2N2P/c1-24-21(22,18-12-6-3-7-13-18)25(2)26(24,23,19-14-8-4-9-15-19)20-16-10-5-11-17-20/h3-17H,1-2H3. The van der Waals surface area contributed by atoms with Gasteiger partial charge in [0.2, 0.25) is 0 Å². The number of alkyl halides is 1. The second kappa shape index (κ2) is 6.05. The fourth-order valence-corrected chi connectivity index (χ4v) is 11.5. The van der Waals surface area contributed by atoms with Crippen molar-refractivity contribution in [1.29, 1.82) is 0 Å². The number of hydrogen-bond donors (Lipinski definition) is 0. The SMILES string of the molecule is CN1C(Cl)(c2ccccc2)N(C)P1(Cl)(c1ccccc1)c1ccccc1. The summed E-state index contributed by atoms with van der Waals surface area (Å²) in [6.45, 7) is 0. The topological polar surface area (TPSA) is 6.48 Å². The fraction of sp³-hybridized carbons (Fsp3) is 0.143. The van der Waals surface area contributed by atoms with E-state index in [0.717, 1.165) is 16.2 Å². The van der Waals surface area contributed by atoms with Gasteiger partial charge in [0.15, 0.2) is 0 Å². The molecule has 0 N–H and O–H groups in total. The van der Waals surface area contributed by atoms with Gasteiger partial charge in [0, 0.05) is 0 Å². The Bertz CT molecular complexity index is 865. The number of halogens is 2. The van der Waals surface area contributed by atoms with Crippen molar-refractivity contribution in [3.63, 3.8) is 0 Å². The number of rotatable bonds is 3. The molecule has 0 aliphatic carbocycles. The summed E-state index contributed by atoms with van der Waals surface area (Å²) in [5.74, 6) is 0. The fourth-order valence-electron chi connectivity index (χ4n) is 4.11. The summed E-state index contributed by atoms with van der Waals surface area (Å²) in [4.78, 5) is 0. The summed E-state index contributed by atoms with van der Waals surface area (Å²) in [6.07, 6.45) is -3.32. The quantitative estimate of drug-likeness (QED) is 0.341. The van der Waals surface area contributed by atoms with Gasteiger partial charge in [-0.1, -0.05) is 0 Å². The molecule has 1 aliphatic heterocycles. The van der Waals surface area contributed by atoms with E-state index in [1.54, 1.807) is 0 Å². The van der Waals surface area contributed by atoms with Crippen molar-refractivity contribution in [3.8, 4) is 0 Å². The summed E-state index contributed by atoms with van der Waals surface area (Å²) in [7, 11) is 4.07. The minimum absolute atomic E-state index is 0.799. The van der Waals surface area contributed by atoms with E-state index in [1.807, 2.05) is 80.8 Å². The average molecular weight is 403 g/mol. The molecule has 4 rings (SSSR count). The molecule has 0 amide bonds. The van der Waals surface area contributed by atoms with Crippen LogP contribution in [0.25, 0.3) is 0 Å². The van der Waals surface area contributed by atoms with Crippen molar-refractivity contribution < 1.29 is 0 Å². The van der Waals surface area contributed by atoms with Crippen LogP contribution in [0.2, 0.25) is 0 Å². The van der Waals surface area contributed by atoms with Crippen LogP contribution in [0.1, 0.15) is 5.56 Å². The van der Waals surface area contributed by atoms with E-state index in [4.69, 9.17) is 22.8 Å². The molecule has 0 saturated carbocycles. The van der Waals surface area contributed by atoms with E-state index in [1.165, 1.54) is 0 Å². The van der Waals surface area contributed by atoms with Crippen molar-refractivity contribution in [3.05, 3.63) is 96.6 Å². The third kappa shape index (κ3) is 2.00. The second-order valence-electron chi connectivity index (χ2n) is 6.59. The molecule has 0 spiro atoms. The summed E-state index contributed by atoms with van der Waals surface area (Å²) in [6, 6.07) is 30.7. The Morgan fingerprint density at radius 3 is 1.38 bits per heavy atom. The van der Waals surface area contributed by atoms with Gasteiger partial charge in [-0.15, -0.1) is 0 Å². The summed E-state index contributed by atoms with van der Waals surface area (Å²) < 4.78 is 4.34. The molecule has 0 aromatic heterocycles. The first-order valence-corrected chi connectivity index (χ1v) is 12.0. The van der Waals surface area contributed by atoms with Gasteiger partial charge >= 0.3 is 165 Å². The Hall–Kier alpha value is -1.41. The van der Waals surface area contributed by atoms with Crippen LogP contribution in [0.4, 0.5) is 0 Å². The van der Waals surface area contributed by atoms with Gasteiger partial charge in [-0.25, -0.2) is 0 Å². The van der Waals surface area contributed by atoms with E-state index >= 15 is 0 Å². The Kier molecular flexibility index (Phi) is 4.19. The van der Waals surface area contributed by atoms with E-state index in [2.05, 4.69) is 33.6 Å². The predicted molar refractivity (Wildman–Crippen MR) is 114 cm³/mol. The molecule has 1 fully saturated rings. The Morgan fingerprint density at radius 1 is 0.654 bits per heavy atom. The molecule has 26 heavy (non-hydrogen) atoms. The van der Waals surface area contributed by atoms with Crippen molar-refractivity contribution in [1.82, 2.24) is 9.34 Å². The van der Waals surface area contributed by atoms with Crippen molar-refractivity contribution in [2.45, 2.75) is 5.12 Å². The third-order valence-corrected chi connectivity index (χ3v) is 14.2. The van der Waals surface area contributed by atoms with Gasteiger partial charge in [-0.2, -0.15) is 0 Å². The molecule has 1 saturated heterocycles. The first kappa shape index (κ1) is 18.0. The minimum atomic E-state index is -3.32. The molecule has 5 heteroatoms. The maximum atomic E-state index is 7.75. The molecule has 0 bridgehead atoms. The number of benzene rings is 3. The summed E-state index contributed by atoms with van der Waals surface area (Å²) in [5, 5.41) is 1.37. The first-order valence-electron chi connectivity index (χ1n) is 8.53. The van der Waals surface area contributed by atoms with E-state index in [0.29, 0.717) is 0 Å². The van der Waals surface area contributed by atoms with Crippen LogP contribution in [-0.2, 0) is 5.12 Å². The van der Waals surface area contributed by atoms with Gasteiger partial charge in [0.1, 0.15) is 0 Å². The third-order valence-electron chi connectivity index (χ3n) is 5.52. The van der Waals surface area contributed by atoms with Crippen LogP contribution >= 0.6 is 29.1 Å². The summed E-state index contributed by atoms with van der Waals surface area (Å²) >= 11 is 15.0. The van der Waals surface area contributed by atoms with Crippen LogP contribution < -0.4 is 10.6 Å². The van der Waals surface area contributed by atoms with Gasteiger partial charge in [-0.05, 0) is 0 Å². The van der Waals surface area contributed by atoms with Gasteiger partial charge in [0.25, 0.3) is 0 Å². The predicted octanol–water partition coefficient (Wildman–Crippen LogP) is 5.10. The zero-order valence-electron chi connectivity index (χ0n) is 14.8. The molecule has 3 aromatic rings. The Labute approximate surface area is 164 Å². The van der Waals surface area contributed by atoms with Gasteiger partial charge in [-0.3, -0.25) is 0 Å². The molecular formula is C21H21Cl2N2P. The van der Waals surface area contributed by atoms with Crippen molar-refractivity contribution in [2.24, 2.45) is 0 Å². The molecule has 1 heterocycles. The normalized spacial score (nSPS) is 26.4. The first-order chi connectivity index (χ1) is 12.5. The van der Waals surface area contributed by atoms with Crippen LogP contribution in [0.3, 0.4) is 0 Å². The Balaban J connectivity index is 1.99. The molecule has 0 radical (unpaired) electrons. The molecule has 3 aromatic carbocycles. The molecule has 134 valence electrons. The van der Waals surface area contributed by atoms with Gasteiger partial charge in [0.05, 0.1) is 0 Å². The maximum absolute atomic E-state index is 7.75. The molecule has 2 nitrogen and oxygen atoms in total. The van der Waals surface area contributed by atoms with Gasteiger partial charge < -0.3 is 0 Å². The monoisotopic (exact) mass is 402 g/mol. The molecular weight excluding hydrogens is 382 g/mol. The zero-order chi connectivity index (χ0) is 18.4. The molecule has 0 atom stereocenters. The number of hydrogen-bond acceptors (Lipinski definition) is 2. The molecule has 1 aliphatic rings. The summed E-state index contributed by atoms with van der Waals surface area (Å²) in [5.41, 5.74) is 1.01. The van der Waals surface area contributed by atoms with Crippen LogP contribution in [0.5, 0.6) is 0 Å². The average Bonchev–Trinajstić information content (AvgIpc) is 2.73. The number of nitrogens with zero attached hydrogens (tertiary/aromatic N) is 2. The zero-order valence-corrected chi connectivity index (χ0v) is 17.2. The van der Waals surface area contributed by atoms with Crippen LogP contribution in [0, 0.1) is 0 Å². The van der Waals surface area contributed by atoms with Crippen molar-refractivity contribution in [2.75, 3.05) is 14.1 Å². The molecule has 0 unspecified atom stereocenters. The van der Waals surface area contributed by atoms with E-state index < -0.39 is 11.4 Å². The Morgan fingerprint density at radius 2 is 1.00 bits per heavy atom. The van der Waals surface area contributed by atoms with Crippen molar-refractivity contribution >= 4 is 39.7 Å². The van der Waals surface area contributed by atoms with Crippen LogP contribution in [0.15, 0.2) is 91.0 Å². The van der Waals surface area contributed by atoms with Crippen LogP contribution in [-0.4, -0.2) is 23.4 Å². The van der Waals surface area contributed by atoms with E-state index in [9.17, 15) is 0 Å². The van der Waals surface area contributed by atoms with E-state index in [-0.39, 0.29) is 0 Å².